The van der Waals surface area contributed by atoms with Crippen LogP contribution >= 0.6 is 0 Å². The zero-order chi connectivity index (χ0) is 9.42. The Morgan fingerprint density at radius 2 is 2.23 bits per heavy atom. The molecule has 1 aliphatic carbocycles. The molecular weight excluding hydrogens is 162 g/mol. The molecular formula is C10H17N3. The fourth-order valence-electron chi connectivity index (χ4n) is 2.12. The van der Waals surface area contributed by atoms with Gasteiger partial charge in [-0.3, -0.25) is 4.68 Å². The van der Waals surface area contributed by atoms with Crippen molar-refractivity contribution in [3.63, 3.8) is 0 Å². The zero-order valence-electron chi connectivity index (χ0n) is 8.38. The lowest BCUT2D eigenvalue weighted by atomic mass is 10.2. The molecule has 0 amide bonds. The molecule has 0 saturated heterocycles. The highest BCUT2D eigenvalue weighted by molar-refractivity contribution is 5.30. The first kappa shape index (κ1) is 8.75. The van der Waals surface area contributed by atoms with Crippen LogP contribution < -0.4 is 5.73 Å². The molecule has 0 atom stereocenters. The highest BCUT2D eigenvalue weighted by Crippen LogP contribution is 2.26. The van der Waals surface area contributed by atoms with E-state index in [2.05, 4.69) is 23.6 Å². The molecule has 0 spiro atoms. The molecule has 3 heteroatoms. The molecule has 0 fully saturated rings. The standard InChI is InChI=1S/C10H17N3/c1-7(2)13-10(6-11)8-4-3-5-9(8)12-13/h7H,3-6,11H2,1-2H3. The first-order valence-electron chi connectivity index (χ1n) is 5.03. The molecule has 1 aromatic rings. The molecule has 0 radical (unpaired) electrons. The summed E-state index contributed by atoms with van der Waals surface area (Å²) >= 11 is 0. The normalized spacial score (nSPS) is 15.4. The van der Waals surface area contributed by atoms with Crippen LogP contribution in [0.5, 0.6) is 0 Å². The van der Waals surface area contributed by atoms with E-state index in [1.165, 1.54) is 29.8 Å². The molecule has 1 aromatic heterocycles. The van der Waals surface area contributed by atoms with Crippen LogP contribution in [-0.2, 0) is 19.4 Å². The number of hydrogen-bond donors (Lipinski definition) is 1. The molecule has 0 unspecified atom stereocenters. The van der Waals surface area contributed by atoms with E-state index in [0.29, 0.717) is 12.6 Å². The number of nitrogens with zero attached hydrogens (tertiary/aromatic N) is 2. The van der Waals surface area contributed by atoms with Gasteiger partial charge < -0.3 is 5.73 Å². The highest BCUT2D eigenvalue weighted by Gasteiger charge is 2.21. The SMILES string of the molecule is CC(C)n1nc2c(c1CN)CCC2. The number of aryl methyl sites for hydroxylation is 1. The molecule has 1 heterocycles. The van der Waals surface area contributed by atoms with Crippen LogP contribution in [0.2, 0.25) is 0 Å². The summed E-state index contributed by atoms with van der Waals surface area (Å²) in [5.74, 6) is 0. The maximum absolute atomic E-state index is 5.75. The predicted octanol–water partition coefficient (Wildman–Crippen LogP) is 1.41. The van der Waals surface area contributed by atoms with E-state index in [4.69, 9.17) is 5.73 Å². The molecule has 2 rings (SSSR count). The summed E-state index contributed by atoms with van der Waals surface area (Å²) in [5, 5.41) is 4.60. The number of hydrogen-bond acceptors (Lipinski definition) is 2. The van der Waals surface area contributed by atoms with Gasteiger partial charge in [0.1, 0.15) is 0 Å². The van der Waals surface area contributed by atoms with Crippen molar-refractivity contribution in [3.8, 4) is 0 Å². The van der Waals surface area contributed by atoms with Crippen molar-refractivity contribution >= 4 is 0 Å². The van der Waals surface area contributed by atoms with Crippen molar-refractivity contribution in [2.24, 2.45) is 5.73 Å². The Balaban J connectivity index is 2.47. The lowest BCUT2D eigenvalue weighted by molar-refractivity contribution is 0.501. The van der Waals surface area contributed by atoms with Gasteiger partial charge >= 0.3 is 0 Å². The van der Waals surface area contributed by atoms with E-state index in [-0.39, 0.29) is 0 Å². The van der Waals surface area contributed by atoms with Crippen LogP contribution in [0.1, 0.15) is 43.3 Å². The Morgan fingerprint density at radius 3 is 2.85 bits per heavy atom. The number of nitrogens with two attached hydrogens (primary N) is 1. The molecule has 13 heavy (non-hydrogen) atoms. The van der Waals surface area contributed by atoms with Gasteiger partial charge in [-0.05, 0) is 38.7 Å². The van der Waals surface area contributed by atoms with Crippen LogP contribution in [0, 0.1) is 0 Å². The fourth-order valence-corrected chi connectivity index (χ4v) is 2.12. The maximum atomic E-state index is 5.75. The molecule has 0 aromatic carbocycles. The van der Waals surface area contributed by atoms with E-state index in [1.54, 1.807) is 0 Å². The smallest absolute Gasteiger partial charge is 0.0660 e. The number of aromatic nitrogens is 2. The molecule has 3 nitrogen and oxygen atoms in total. The van der Waals surface area contributed by atoms with Gasteiger partial charge in [0, 0.05) is 12.6 Å². The minimum absolute atomic E-state index is 0.434. The third-order valence-corrected chi connectivity index (χ3v) is 2.72. The largest absolute Gasteiger partial charge is 0.325 e. The Labute approximate surface area is 78.9 Å². The van der Waals surface area contributed by atoms with Crippen LogP contribution in [0.4, 0.5) is 0 Å². The topological polar surface area (TPSA) is 43.8 Å². The van der Waals surface area contributed by atoms with Gasteiger partial charge in [0.05, 0.1) is 11.4 Å². The van der Waals surface area contributed by atoms with Crippen molar-refractivity contribution in [2.45, 2.75) is 45.7 Å². The maximum Gasteiger partial charge on any atom is 0.0660 e. The highest BCUT2D eigenvalue weighted by atomic mass is 15.3. The van der Waals surface area contributed by atoms with E-state index in [9.17, 15) is 0 Å². The van der Waals surface area contributed by atoms with E-state index >= 15 is 0 Å². The van der Waals surface area contributed by atoms with Gasteiger partial charge in [-0.1, -0.05) is 0 Å². The summed E-state index contributed by atoms with van der Waals surface area (Å²) in [5.41, 5.74) is 9.71. The Morgan fingerprint density at radius 1 is 1.46 bits per heavy atom. The summed E-state index contributed by atoms with van der Waals surface area (Å²) < 4.78 is 2.09. The van der Waals surface area contributed by atoms with Crippen molar-refractivity contribution in [3.05, 3.63) is 17.0 Å². The van der Waals surface area contributed by atoms with E-state index in [0.717, 1.165) is 6.42 Å². The van der Waals surface area contributed by atoms with Crippen molar-refractivity contribution < 1.29 is 0 Å². The van der Waals surface area contributed by atoms with Crippen molar-refractivity contribution in [2.75, 3.05) is 0 Å². The Bertz CT molecular complexity index is 312. The van der Waals surface area contributed by atoms with Crippen LogP contribution in [0.3, 0.4) is 0 Å². The quantitative estimate of drug-likeness (QED) is 0.746. The molecule has 2 N–H and O–H groups in total. The van der Waals surface area contributed by atoms with Gasteiger partial charge in [0.2, 0.25) is 0 Å². The second kappa shape index (κ2) is 3.14. The summed E-state index contributed by atoms with van der Waals surface area (Å²) in [6.07, 6.45) is 3.57. The number of rotatable bonds is 2. The van der Waals surface area contributed by atoms with Gasteiger partial charge in [-0.25, -0.2) is 0 Å². The summed E-state index contributed by atoms with van der Waals surface area (Å²) in [6.45, 7) is 4.93. The molecule has 0 bridgehead atoms. The average Bonchev–Trinajstić information content (AvgIpc) is 2.60. The molecule has 72 valence electrons. The second-order valence-corrected chi connectivity index (χ2v) is 3.97. The third kappa shape index (κ3) is 1.27. The molecule has 1 aliphatic rings. The number of fused-ring (bicyclic) bond motifs is 1. The summed E-state index contributed by atoms with van der Waals surface area (Å²) in [7, 11) is 0. The van der Waals surface area contributed by atoms with Crippen LogP contribution in [-0.4, -0.2) is 9.78 Å². The van der Waals surface area contributed by atoms with Crippen LogP contribution in [0.15, 0.2) is 0 Å². The molecule has 0 saturated carbocycles. The second-order valence-electron chi connectivity index (χ2n) is 3.97. The van der Waals surface area contributed by atoms with Crippen LogP contribution in [0.25, 0.3) is 0 Å². The summed E-state index contributed by atoms with van der Waals surface area (Å²) in [6, 6.07) is 0.434. The fraction of sp³-hybridized carbons (Fsp3) is 0.700. The Kier molecular flexibility index (Phi) is 2.12. The third-order valence-electron chi connectivity index (χ3n) is 2.72. The van der Waals surface area contributed by atoms with Crippen molar-refractivity contribution in [1.82, 2.24) is 9.78 Å². The van der Waals surface area contributed by atoms with Gasteiger partial charge in [0.25, 0.3) is 0 Å². The lowest BCUT2D eigenvalue weighted by Gasteiger charge is -2.10. The van der Waals surface area contributed by atoms with Gasteiger partial charge in [-0.2, -0.15) is 5.10 Å². The van der Waals surface area contributed by atoms with E-state index in [1.807, 2.05) is 0 Å². The monoisotopic (exact) mass is 179 g/mol. The van der Waals surface area contributed by atoms with Gasteiger partial charge in [0.15, 0.2) is 0 Å². The van der Waals surface area contributed by atoms with E-state index < -0.39 is 0 Å². The average molecular weight is 179 g/mol. The first-order chi connectivity index (χ1) is 6.24. The van der Waals surface area contributed by atoms with Gasteiger partial charge in [-0.15, -0.1) is 0 Å². The minimum atomic E-state index is 0.434. The minimum Gasteiger partial charge on any atom is -0.325 e. The lowest BCUT2D eigenvalue weighted by Crippen LogP contribution is -2.12. The molecule has 0 aliphatic heterocycles. The predicted molar refractivity (Wildman–Crippen MR) is 52.5 cm³/mol. The Hall–Kier alpha value is -0.830. The first-order valence-corrected chi connectivity index (χ1v) is 5.03. The summed E-state index contributed by atoms with van der Waals surface area (Å²) in [4.78, 5) is 0. The zero-order valence-corrected chi connectivity index (χ0v) is 8.38. The van der Waals surface area contributed by atoms with Crippen molar-refractivity contribution in [1.29, 1.82) is 0 Å².